The van der Waals surface area contributed by atoms with E-state index in [-0.39, 0.29) is 12.5 Å². The van der Waals surface area contributed by atoms with Gasteiger partial charge in [0, 0.05) is 11.8 Å². The quantitative estimate of drug-likeness (QED) is 0.684. The molecule has 0 spiro atoms. The van der Waals surface area contributed by atoms with Gasteiger partial charge in [-0.1, -0.05) is 43.3 Å². The van der Waals surface area contributed by atoms with E-state index in [9.17, 15) is 4.79 Å². The monoisotopic (exact) mass is 335 g/mol. The van der Waals surface area contributed by atoms with Crippen LogP contribution in [-0.4, -0.2) is 19.1 Å². The van der Waals surface area contributed by atoms with E-state index in [1.165, 1.54) is 0 Å². The van der Waals surface area contributed by atoms with Crippen LogP contribution in [0, 0.1) is 0 Å². The van der Waals surface area contributed by atoms with Crippen molar-refractivity contribution < 1.29 is 14.3 Å². The van der Waals surface area contributed by atoms with Crippen molar-refractivity contribution >= 4 is 22.4 Å². The number of hydrogen-bond donors (Lipinski definition) is 1. The highest BCUT2D eigenvalue weighted by atomic mass is 16.5. The van der Waals surface area contributed by atoms with Gasteiger partial charge in [-0.15, -0.1) is 0 Å². The van der Waals surface area contributed by atoms with Crippen molar-refractivity contribution in [1.29, 1.82) is 0 Å². The highest BCUT2D eigenvalue weighted by Crippen LogP contribution is 2.21. The first kappa shape index (κ1) is 16.8. The molecule has 1 amide bonds. The summed E-state index contributed by atoms with van der Waals surface area (Å²) in [6.07, 6.45) is 0.941. The Balaban J connectivity index is 1.57. The second-order valence-electron chi connectivity index (χ2n) is 5.72. The molecule has 3 rings (SSSR count). The Morgan fingerprint density at radius 3 is 2.52 bits per heavy atom. The zero-order chi connectivity index (χ0) is 17.5. The van der Waals surface area contributed by atoms with Gasteiger partial charge in [0.2, 0.25) is 0 Å². The number of ether oxygens (including phenoxy) is 2. The number of carbonyl (C=O) groups is 1. The first-order chi connectivity index (χ1) is 12.2. The first-order valence-corrected chi connectivity index (χ1v) is 8.39. The Hall–Kier alpha value is -3.01. The fourth-order valence-electron chi connectivity index (χ4n) is 2.49. The van der Waals surface area contributed by atoms with Crippen LogP contribution in [0.25, 0.3) is 10.8 Å². The highest BCUT2D eigenvalue weighted by Gasteiger charge is 2.05. The summed E-state index contributed by atoms with van der Waals surface area (Å²) in [4.78, 5) is 12.1. The molecule has 128 valence electrons. The van der Waals surface area contributed by atoms with E-state index < -0.39 is 0 Å². The van der Waals surface area contributed by atoms with Gasteiger partial charge in [0.15, 0.2) is 6.61 Å². The summed E-state index contributed by atoms with van der Waals surface area (Å²) in [6, 6.07) is 21.2. The molecule has 4 heteroatoms. The first-order valence-electron chi connectivity index (χ1n) is 8.39. The van der Waals surface area contributed by atoms with Crippen LogP contribution in [-0.2, 0) is 4.79 Å². The zero-order valence-electron chi connectivity index (χ0n) is 14.2. The third kappa shape index (κ3) is 4.73. The molecule has 3 aromatic carbocycles. The van der Waals surface area contributed by atoms with E-state index in [0.717, 1.165) is 22.9 Å². The van der Waals surface area contributed by atoms with Crippen molar-refractivity contribution in [2.75, 3.05) is 18.5 Å². The van der Waals surface area contributed by atoms with Crippen LogP contribution >= 0.6 is 0 Å². The Labute approximate surface area is 147 Å². The van der Waals surface area contributed by atoms with Gasteiger partial charge in [0.1, 0.15) is 11.5 Å². The number of fused-ring (bicyclic) bond motifs is 1. The molecular weight excluding hydrogens is 314 g/mol. The maximum absolute atomic E-state index is 12.1. The summed E-state index contributed by atoms with van der Waals surface area (Å²) < 4.78 is 11.2. The molecule has 0 aliphatic heterocycles. The van der Waals surface area contributed by atoms with Gasteiger partial charge in [0.25, 0.3) is 5.91 Å². The molecule has 0 radical (unpaired) electrons. The lowest BCUT2D eigenvalue weighted by atomic mass is 10.1. The van der Waals surface area contributed by atoms with Crippen molar-refractivity contribution in [2.24, 2.45) is 0 Å². The number of nitrogens with one attached hydrogen (secondary N) is 1. The SMILES string of the molecule is CCCOc1cccc(NC(=O)COc2ccc3ccccc3c2)c1. The lowest BCUT2D eigenvalue weighted by Crippen LogP contribution is -2.20. The highest BCUT2D eigenvalue weighted by molar-refractivity contribution is 5.92. The Morgan fingerprint density at radius 2 is 1.68 bits per heavy atom. The van der Waals surface area contributed by atoms with Gasteiger partial charge in [-0.05, 0) is 41.5 Å². The standard InChI is InChI=1S/C21H21NO3/c1-2-12-24-19-9-5-8-18(14-19)22-21(23)15-25-20-11-10-16-6-3-4-7-17(16)13-20/h3-11,13-14H,2,12,15H2,1H3,(H,22,23). The topological polar surface area (TPSA) is 47.6 Å². The normalized spacial score (nSPS) is 10.4. The lowest BCUT2D eigenvalue weighted by molar-refractivity contribution is -0.118. The number of rotatable bonds is 7. The molecule has 0 unspecified atom stereocenters. The van der Waals surface area contributed by atoms with Crippen LogP contribution in [0.3, 0.4) is 0 Å². The van der Waals surface area contributed by atoms with Gasteiger partial charge in [-0.25, -0.2) is 0 Å². The summed E-state index contributed by atoms with van der Waals surface area (Å²) in [7, 11) is 0. The molecule has 0 aliphatic rings. The smallest absolute Gasteiger partial charge is 0.262 e. The van der Waals surface area contributed by atoms with Crippen LogP contribution in [0.4, 0.5) is 5.69 Å². The van der Waals surface area contributed by atoms with Crippen molar-refractivity contribution in [3.05, 3.63) is 66.7 Å². The molecule has 0 aliphatic carbocycles. The molecule has 0 heterocycles. The van der Waals surface area contributed by atoms with Crippen molar-refractivity contribution in [3.8, 4) is 11.5 Å². The molecule has 0 fully saturated rings. The van der Waals surface area contributed by atoms with Gasteiger partial charge in [-0.2, -0.15) is 0 Å². The minimum atomic E-state index is -0.208. The zero-order valence-corrected chi connectivity index (χ0v) is 14.2. The third-order valence-electron chi connectivity index (χ3n) is 3.68. The van der Waals surface area contributed by atoms with E-state index >= 15 is 0 Å². The van der Waals surface area contributed by atoms with E-state index in [2.05, 4.69) is 12.2 Å². The summed E-state index contributed by atoms with van der Waals surface area (Å²) in [5.41, 5.74) is 0.695. The van der Waals surface area contributed by atoms with Crippen LogP contribution in [0.2, 0.25) is 0 Å². The minimum Gasteiger partial charge on any atom is -0.494 e. The molecule has 0 atom stereocenters. The van der Waals surface area contributed by atoms with Gasteiger partial charge in [0.05, 0.1) is 6.61 Å². The van der Waals surface area contributed by atoms with E-state index in [4.69, 9.17) is 9.47 Å². The fourth-order valence-corrected chi connectivity index (χ4v) is 2.49. The maximum atomic E-state index is 12.1. The Kier molecular flexibility index (Phi) is 5.52. The van der Waals surface area contributed by atoms with Crippen molar-refractivity contribution in [2.45, 2.75) is 13.3 Å². The van der Waals surface area contributed by atoms with Gasteiger partial charge >= 0.3 is 0 Å². The number of benzene rings is 3. The Bertz CT molecular complexity index is 860. The fraction of sp³-hybridized carbons (Fsp3) is 0.190. The second-order valence-corrected chi connectivity index (χ2v) is 5.72. The molecular formula is C21H21NO3. The van der Waals surface area contributed by atoms with Crippen LogP contribution < -0.4 is 14.8 Å². The van der Waals surface area contributed by atoms with Gasteiger partial charge in [-0.3, -0.25) is 4.79 Å². The van der Waals surface area contributed by atoms with Crippen LogP contribution in [0.1, 0.15) is 13.3 Å². The molecule has 3 aromatic rings. The van der Waals surface area contributed by atoms with Crippen LogP contribution in [0.15, 0.2) is 66.7 Å². The van der Waals surface area contributed by atoms with Crippen molar-refractivity contribution in [3.63, 3.8) is 0 Å². The van der Waals surface area contributed by atoms with E-state index in [0.29, 0.717) is 18.0 Å². The molecule has 0 bridgehead atoms. The molecule has 4 nitrogen and oxygen atoms in total. The molecule has 25 heavy (non-hydrogen) atoms. The van der Waals surface area contributed by atoms with Crippen molar-refractivity contribution in [1.82, 2.24) is 0 Å². The average Bonchev–Trinajstić information content (AvgIpc) is 2.65. The lowest BCUT2D eigenvalue weighted by Gasteiger charge is -2.10. The van der Waals surface area contributed by atoms with Crippen LogP contribution in [0.5, 0.6) is 11.5 Å². The largest absolute Gasteiger partial charge is 0.494 e. The summed E-state index contributed by atoms with van der Waals surface area (Å²) in [5, 5.41) is 5.05. The molecule has 0 saturated heterocycles. The number of hydrogen-bond acceptors (Lipinski definition) is 3. The summed E-state index contributed by atoms with van der Waals surface area (Å²) in [6.45, 7) is 2.66. The Morgan fingerprint density at radius 1 is 0.880 bits per heavy atom. The summed E-state index contributed by atoms with van der Waals surface area (Å²) in [5.74, 6) is 1.21. The number of amides is 1. The molecule has 0 aromatic heterocycles. The van der Waals surface area contributed by atoms with Gasteiger partial charge < -0.3 is 14.8 Å². The maximum Gasteiger partial charge on any atom is 0.262 e. The molecule has 0 saturated carbocycles. The molecule has 1 N–H and O–H groups in total. The van der Waals surface area contributed by atoms with E-state index in [1.54, 1.807) is 0 Å². The number of anilines is 1. The number of carbonyl (C=O) groups excluding carboxylic acids is 1. The predicted molar refractivity (Wildman–Crippen MR) is 100 cm³/mol. The van der Waals surface area contributed by atoms with E-state index in [1.807, 2.05) is 66.7 Å². The third-order valence-corrected chi connectivity index (χ3v) is 3.68. The second kappa shape index (κ2) is 8.20. The summed E-state index contributed by atoms with van der Waals surface area (Å²) >= 11 is 0. The minimum absolute atomic E-state index is 0.0433. The predicted octanol–water partition coefficient (Wildman–Crippen LogP) is 4.65. The average molecular weight is 335 g/mol.